The first kappa shape index (κ1) is 12.4. The van der Waals surface area contributed by atoms with Gasteiger partial charge in [0.05, 0.1) is 5.69 Å². The molecule has 0 saturated carbocycles. The molecule has 2 N–H and O–H groups in total. The number of alkyl halides is 3. The molecule has 0 aliphatic carbocycles. The van der Waals surface area contributed by atoms with Crippen molar-refractivity contribution >= 4 is 15.9 Å². The summed E-state index contributed by atoms with van der Waals surface area (Å²) in [5, 5.41) is 0. The maximum Gasteiger partial charge on any atom is 0.389 e. The molecule has 1 rings (SSSR count). The first-order valence-corrected chi connectivity index (χ1v) is 5.12. The summed E-state index contributed by atoms with van der Waals surface area (Å²) in [6, 6.07) is 4.33. The molecule has 0 amide bonds. The van der Waals surface area contributed by atoms with Crippen LogP contribution in [-0.2, 0) is 0 Å². The third-order valence-electron chi connectivity index (χ3n) is 1.86. The molecule has 1 unspecified atom stereocenters. The molecule has 0 aliphatic rings. The van der Waals surface area contributed by atoms with E-state index in [-0.39, 0.29) is 6.42 Å². The smallest absolute Gasteiger partial charge is 0.323 e. The SMILES string of the molecule is NC(CCC(F)(F)F)c1cccc(Br)n1. The van der Waals surface area contributed by atoms with Crippen molar-refractivity contribution in [3.8, 4) is 0 Å². The van der Waals surface area contributed by atoms with E-state index in [2.05, 4.69) is 20.9 Å². The summed E-state index contributed by atoms with van der Waals surface area (Å²) in [7, 11) is 0. The maximum atomic E-state index is 11.9. The van der Waals surface area contributed by atoms with Crippen LogP contribution in [0.25, 0.3) is 0 Å². The highest BCUT2D eigenvalue weighted by Crippen LogP contribution is 2.25. The number of aromatic nitrogens is 1. The highest BCUT2D eigenvalue weighted by atomic mass is 79.9. The van der Waals surface area contributed by atoms with Gasteiger partial charge in [-0.3, -0.25) is 0 Å². The van der Waals surface area contributed by atoms with Gasteiger partial charge in [-0.25, -0.2) is 4.98 Å². The lowest BCUT2D eigenvalue weighted by Crippen LogP contribution is -2.16. The minimum absolute atomic E-state index is 0.146. The van der Waals surface area contributed by atoms with Gasteiger partial charge in [0.25, 0.3) is 0 Å². The van der Waals surface area contributed by atoms with Crippen LogP contribution in [0.4, 0.5) is 13.2 Å². The van der Waals surface area contributed by atoms with Crippen LogP contribution >= 0.6 is 15.9 Å². The number of nitrogens with two attached hydrogens (primary N) is 1. The molecule has 1 heterocycles. The van der Waals surface area contributed by atoms with E-state index >= 15 is 0 Å². The molecular formula is C9H10BrF3N2. The summed E-state index contributed by atoms with van der Waals surface area (Å²) in [5.41, 5.74) is 6.05. The van der Waals surface area contributed by atoms with E-state index in [1.54, 1.807) is 18.2 Å². The van der Waals surface area contributed by atoms with E-state index in [9.17, 15) is 13.2 Å². The Kier molecular flexibility index (Phi) is 4.10. The van der Waals surface area contributed by atoms with Gasteiger partial charge in [-0.2, -0.15) is 13.2 Å². The van der Waals surface area contributed by atoms with E-state index in [4.69, 9.17) is 5.73 Å². The van der Waals surface area contributed by atoms with Crippen LogP contribution < -0.4 is 5.73 Å². The average molecular weight is 283 g/mol. The quantitative estimate of drug-likeness (QED) is 0.865. The lowest BCUT2D eigenvalue weighted by molar-refractivity contribution is -0.136. The largest absolute Gasteiger partial charge is 0.389 e. The van der Waals surface area contributed by atoms with Gasteiger partial charge >= 0.3 is 6.18 Å². The summed E-state index contributed by atoms with van der Waals surface area (Å²) < 4.78 is 36.3. The second-order valence-electron chi connectivity index (χ2n) is 3.15. The molecule has 0 saturated heterocycles. The zero-order valence-electron chi connectivity index (χ0n) is 7.76. The third-order valence-corrected chi connectivity index (χ3v) is 2.30. The number of nitrogens with zero attached hydrogens (tertiary/aromatic N) is 1. The Morgan fingerprint density at radius 2 is 2.07 bits per heavy atom. The molecule has 0 spiro atoms. The lowest BCUT2D eigenvalue weighted by Gasteiger charge is -2.12. The standard InChI is InChI=1S/C9H10BrF3N2/c10-8-3-1-2-7(15-8)6(14)4-5-9(11,12)13/h1-3,6H,4-5,14H2. The summed E-state index contributed by atoms with van der Waals surface area (Å²) in [6.07, 6.45) is -5.20. The van der Waals surface area contributed by atoms with E-state index < -0.39 is 18.6 Å². The monoisotopic (exact) mass is 282 g/mol. The summed E-state index contributed by atoms with van der Waals surface area (Å²) in [5.74, 6) is 0. The van der Waals surface area contributed by atoms with Crippen molar-refractivity contribution < 1.29 is 13.2 Å². The molecule has 1 aromatic heterocycles. The van der Waals surface area contributed by atoms with Crippen molar-refractivity contribution in [1.29, 1.82) is 0 Å². The topological polar surface area (TPSA) is 38.9 Å². The lowest BCUT2D eigenvalue weighted by atomic mass is 10.1. The van der Waals surface area contributed by atoms with Crippen molar-refractivity contribution in [2.24, 2.45) is 5.73 Å². The van der Waals surface area contributed by atoms with Crippen LogP contribution in [0.5, 0.6) is 0 Å². The molecule has 1 aromatic rings. The van der Waals surface area contributed by atoms with Gasteiger partial charge in [0.2, 0.25) is 0 Å². The fraction of sp³-hybridized carbons (Fsp3) is 0.444. The summed E-state index contributed by atoms with van der Waals surface area (Å²) in [6.45, 7) is 0. The normalized spacial score (nSPS) is 13.9. The predicted molar refractivity (Wildman–Crippen MR) is 54.2 cm³/mol. The second-order valence-corrected chi connectivity index (χ2v) is 3.96. The molecule has 0 fully saturated rings. The van der Waals surface area contributed by atoms with E-state index in [0.29, 0.717) is 10.3 Å². The van der Waals surface area contributed by atoms with Crippen molar-refractivity contribution in [2.45, 2.75) is 25.1 Å². The Morgan fingerprint density at radius 3 is 2.60 bits per heavy atom. The minimum Gasteiger partial charge on any atom is -0.323 e. The molecule has 2 nitrogen and oxygen atoms in total. The van der Waals surface area contributed by atoms with Gasteiger partial charge in [-0.05, 0) is 34.5 Å². The first-order valence-electron chi connectivity index (χ1n) is 4.33. The van der Waals surface area contributed by atoms with E-state index in [1.807, 2.05) is 0 Å². The second kappa shape index (κ2) is 4.94. The summed E-state index contributed by atoms with van der Waals surface area (Å²) in [4.78, 5) is 4.00. The fourth-order valence-corrected chi connectivity index (χ4v) is 1.45. The van der Waals surface area contributed by atoms with Crippen molar-refractivity contribution in [3.05, 3.63) is 28.5 Å². The Labute approximate surface area is 93.8 Å². The molecule has 0 radical (unpaired) electrons. The molecule has 0 aliphatic heterocycles. The minimum atomic E-state index is -4.16. The van der Waals surface area contributed by atoms with Gasteiger partial charge in [0.1, 0.15) is 4.60 Å². The molecule has 0 aromatic carbocycles. The van der Waals surface area contributed by atoms with Crippen LogP contribution in [-0.4, -0.2) is 11.2 Å². The maximum absolute atomic E-state index is 11.9. The highest BCUT2D eigenvalue weighted by Gasteiger charge is 2.28. The molecule has 6 heteroatoms. The fourth-order valence-electron chi connectivity index (χ4n) is 1.10. The molecule has 1 atom stereocenters. The van der Waals surface area contributed by atoms with Gasteiger partial charge in [0, 0.05) is 12.5 Å². The van der Waals surface area contributed by atoms with Gasteiger partial charge in [0.15, 0.2) is 0 Å². The Morgan fingerprint density at radius 1 is 1.40 bits per heavy atom. The molecule has 0 bridgehead atoms. The zero-order valence-corrected chi connectivity index (χ0v) is 9.35. The Bertz CT molecular complexity index is 327. The number of pyridine rings is 1. The number of rotatable bonds is 3. The predicted octanol–water partition coefficient (Wildman–Crippen LogP) is 3.19. The van der Waals surface area contributed by atoms with Gasteiger partial charge in [-0.15, -0.1) is 0 Å². The van der Waals surface area contributed by atoms with Crippen molar-refractivity contribution in [2.75, 3.05) is 0 Å². The van der Waals surface area contributed by atoms with Crippen LogP contribution in [0.1, 0.15) is 24.6 Å². The van der Waals surface area contributed by atoms with Crippen LogP contribution in [0.15, 0.2) is 22.8 Å². The van der Waals surface area contributed by atoms with Gasteiger partial charge < -0.3 is 5.73 Å². The van der Waals surface area contributed by atoms with Crippen molar-refractivity contribution in [3.63, 3.8) is 0 Å². The van der Waals surface area contributed by atoms with E-state index in [0.717, 1.165) is 0 Å². The third kappa shape index (κ3) is 4.61. The highest BCUT2D eigenvalue weighted by molar-refractivity contribution is 9.10. The number of hydrogen-bond acceptors (Lipinski definition) is 2. The average Bonchev–Trinajstić information content (AvgIpc) is 2.13. The Balaban J connectivity index is 2.58. The van der Waals surface area contributed by atoms with Crippen LogP contribution in [0.3, 0.4) is 0 Å². The van der Waals surface area contributed by atoms with Gasteiger partial charge in [-0.1, -0.05) is 6.07 Å². The zero-order chi connectivity index (χ0) is 11.5. The molecular weight excluding hydrogens is 273 g/mol. The molecule has 15 heavy (non-hydrogen) atoms. The van der Waals surface area contributed by atoms with Crippen molar-refractivity contribution in [1.82, 2.24) is 4.98 Å². The molecule has 84 valence electrons. The number of hydrogen-bond donors (Lipinski definition) is 1. The van der Waals surface area contributed by atoms with Crippen LogP contribution in [0.2, 0.25) is 0 Å². The Hall–Kier alpha value is -0.620. The summed E-state index contributed by atoms with van der Waals surface area (Å²) >= 11 is 3.13. The first-order chi connectivity index (χ1) is 6.88. The number of halogens is 4. The van der Waals surface area contributed by atoms with Crippen LogP contribution in [0, 0.1) is 0 Å². The van der Waals surface area contributed by atoms with E-state index in [1.165, 1.54) is 0 Å².